The maximum atomic E-state index is 3.97. The zero-order valence-corrected chi connectivity index (χ0v) is 7.78. The lowest BCUT2D eigenvalue weighted by Gasteiger charge is -2.49. The molecule has 0 aliphatic carbocycles. The minimum atomic E-state index is 0.215. The Morgan fingerprint density at radius 2 is 1.82 bits per heavy atom. The summed E-state index contributed by atoms with van der Waals surface area (Å²) >= 11 is 0. The topological polar surface area (TPSA) is 3.24 Å². The van der Waals surface area contributed by atoms with E-state index in [-0.39, 0.29) is 5.54 Å². The first kappa shape index (κ1) is 8.38. The highest BCUT2D eigenvalue weighted by molar-refractivity contribution is 5.27. The first-order valence-corrected chi connectivity index (χ1v) is 4.15. The Labute approximate surface area is 69.4 Å². The van der Waals surface area contributed by atoms with Crippen molar-refractivity contribution in [3.05, 3.63) is 24.6 Å². The van der Waals surface area contributed by atoms with E-state index < -0.39 is 0 Å². The summed E-state index contributed by atoms with van der Waals surface area (Å²) in [5.74, 6) is 0. The predicted octanol–water partition coefficient (Wildman–Crippen LogP) is 2.91. The molecule has 0 spiro atoms. The van der Waals surface area contributed by atoms with Gasteiger partial charge in [-0.3, -0.25) is 0 Å². The minimum Gasteiger partial charge on any atom is -0.344 e. The summed E-state index contributed by atoms with van der Waals surface area (Å²) in [5, 5.41) is 0. The van der Waals surface area contributed by atoms with Crippen molar-refractivity contribution < 1.29 is 0 Å². The van der Waals surface area contributed by atoms with Crippen LogP contribution in [0, 0.1) is 0 Å². The third kappa shape index (κ3) is 1.20. The lowest BCUT2D eigenvalue weighted by molar-refractivity contribution is 0.158. The van der Waals surface area contributed by atoms with E-state index in [1.165, 1.54) is 11.4 Å². The van der Waals surface area contributed by atoms with Crippen LogP contribution < -0.4 is 0 Å². The molecule has 1 heteroatoms. The van der Waals surface area contributed by atoms with Gasteiger partial charge in [-0.15, -0.1) is 0 Å². The normalized spacial score (nSPS) is 18.6. The molecule has 0 atom stereocenters. The maximum Gasteiger partial charge on any atom is 0.0386 e. The third-order valence-electron chi connectivity index (χ3n) is 2.51. The van der Waals surface area contributed by atoms with Crippen LogP contribution in [-0.2, 0) is 0 Å². The van der Waals surface area contributed by atoms with Gasteiger partial charge in [0, 0.05) is 23.4 Å². The van der Waals surface area contributed by atoms with Crippen molar-refractivity contribution in [2.45, 2.75) is 39.2 Å². The van der Waals surface area contributed by atoms with E-state index in [1.54, 1.807) is 0 Å². The Morgan fingerprint density at radius 3 is 2.00 bits per heavy atom. The van der Waals surface area contributed by atoms with Crippen LogP contribution in [0.3, 0.4) is 0 Å². The molecule has 0 bridgehead atoms. The Kier molecular flexibility index (Phi) is 1.83. The van der Waals surface area contributed by atoms with Gasteiger partial charge in [0.05, 0.1) is 0 Å². The Bertz CT molecular complexity index is 187. The summed E-state index contributed by atoms with van der Waals surface area (Å²) in [6.45, 7) is 14.6. The second-order valence-corrected chi connectivity index (χ2v) is 3.81. The first-order chi connectivity index (χ1) is 4.99. The number of rotatable bonds is 2. The Hall–Kier alpha value is -0.720. The zero-order chi connectivity index (χ0) is 8.65. The molecule has 0 aromatic rings. The summed E-state index contributed by atoms with van der Waals surface area (Å²) in [6.07, 6.45) is 2.12. The van der Waals surface area contributed by atoms with Gasteiger partial charge >= 0.3 is 0 Å². The van der Waals surface area contributed by atoms with Gasteiger partial charge in [0.2, 0.25) is 0 Å². The van der Waals surface area contributed by atoms with Crippen LogP contribution in [0.15, 0.2) is 24.6 Å². The molecule has 1 aliphatic rings. The summed E-state index contributed by atoms with van der Waals surface area (Å²) in [4.78, 5) is 2.24. The summed E-state index contributed by atoms with van der Waals surface area (Å²) < 4.78 is 0. The molecule has 0 saturated carbocycles. The van der Waals surface area contributed by atoms with Crippen LogP contribution in [0.1, 0.15) is 33.6 Å². The molecule has 1 rings (SSSR count). The lowest BCUT2D eigenvalue weighted by atomic mass is 9.91. The van der Waals surface area contributed by atoms with Crippen molar-refractivity contribution in [3.63, 3.8) is 0 Å². The van der Waals surface area contributed by atoms with Crippen LogP contribution >= 0.6 is 0 Å². The summed E-state index contributed by atoms with van der Waals surface area (Å²) in [6, 6.07) is 0. The van der Waals surface area contributed by atoms with Gasteiger partial charge in [-0.25, -0.2) is 0 Å². The van der Waals surface area contributed by atoms with Gasteiger partial charge in [0.15, 0.2) is 0 Å². The third-order valence-corrected chi connectivity index (χ3v) is 2.51. The van der Waals surface area contributed by atoms with E-state index in [2.05, 4.69) is 38.8 Å². The molecular weight excluding hydrogens is 134 g/mol. The van der Waals surface area contributed by atoms with Crippen LogP contribution in [-0.4, -0.2) is 10.4 Å². The number of likely N-dealkylation sites (tertiary alicyclic amines) is 1. The molecule has 0 amide bonds. The van der Waals surface area contributed by atoms with Crippen molar-refractivity contribution in [1.82, 2.24) is 4.90 Å². The van der Waals surface area contributed by atoms with Crippen molar-refractivity contribution in [2.24, 2.45) is 0 Å². The number of nitrogens with zero attached hydrogens (tertiary/aromatic N) is 1. The quantitative estimate of drug-likeness (QED) is 0.586. The van der Waals surface area contributed by atoms with Crippen LogP contribution in [0.2, 0.25) is 0 Å². The largest absolute Gasteiger partial charge is 0.344 e. The van der Waals surface area contributed by atoms with E-state index in [9.17, 15) is 0 Å². The fourth-order valence-electron chi connectivity index (χ4n) is 1.54. The van der Waals surface area contributed by atoms with Crippen LogP contribution in [0.5, 0.6) is 0 Å². The predicted molar refractivity (Wildman–Crippen MR) is 49.1 cm³/mol. The maximum absolute atomic E-state index is 3.97. The molecule has 62 valence electrons. The fraction of sp³-hybridized carbons (Fsp3) is 0.600. The molecule has 0 aromatic heterocycles. The Morgan fingerprint density at radius 1 is 1.36 bits per heavy atom. The van der Waals surface area contributed by atoms with Gasteiger partial charge in [0.25, 0.3) is 0 Å². The molecule has 1 saturated heterocycles. The molecule has 0 radical (unpaired) electrons. The van der Waals surface area contributed by atoms with Gasteiger partial charge in [-0.05, 0) is 20.3 Å². The van der Waals surface area contributed by atoms with Crippen molar-refractivity contribution in [1.29, 1.82) is 0 Å². The molecular formula is C10H17N. The summed E-state index contributed by atoms with van der Waals surface area (Å²) in [5.41, 5.74) is 2.63. The number of hydrogen-bond acceptors (Lipinski definition) is 1. The average Bonchev–Trinajstić information content (AvgIpc) is 1.86. The molecule has 0 N–H and O–H groups in total. The number of hydrogen-bond donors (Lipinski definition) is 0. The van der Waals surface area contributed by atoms with Crippen molar-refractivity contribution in [3.8, 4) is 0 Å². The highest BCUT2D eigenvalue weighted by atomic mass is 15.3. The molecule has 1 fully saturated rings. The van der Waals surface area contributed by atoms with E-state index >= 15 is 0 Å². The SMILES string of the molecule is C=C1CC(=C)N1C(C)(C)CC. The second kappa shape index (κ2) is 2.40. The lowest BCUT2D eigenvalue weighted by Crippen LogP contribution is -2.47. The smallest absolute Gasteiger partial charge is 0.0386 e. The van der Waals surface area contributed by atoms with Gasteiger partial charge < -0.3 is 4.90 Å². The monoisotopic (exact) mass is 151 g/mol. The first-order valence-electron chi connectivity index (χ1n) is 4.15. The van der Waals surface area contributed by atoms with Crippen LogP contribution in [0.4, 0.5) is 0 Å². The summed E-state index contributed by atoms with van der Waals surface area (Å²) in [7, 11) is 0. The van der Waals surface area contributed by atoms with Gasteiger partial charge in [-0.1, -0.05) is 20.1 Å². The molecule has 1 aliphatic heterocycles. The minimum absolute atomic E-state index is 0.215. The standard InChI is InChI=1S/C10H17N/c1-6-10(4,5)11-8(2)7-9(11)3/h2-3,6-7H2,1,4-5H3. The van der Waals surface area contributed by atoms with Crippen molar-refractivity contribution >= 4 is 0 Å². The van der Waals surface area contributed by atoms with E-state index in [0.29, 0.717) is 0 Å². The molecule has 1 heterocycles. The highest BCUT2D eigenvalue weighted by Gasteiger charge is 2.34. The molecule has 0 aromatic carbocycles. The van der Waals surface area contributed by atoms with Crippen LogP contribution in [0.25, 0.3) is 0 Å². The fourth-order valence-corrected chi connectivity index (χ4v) is 1.54. The second-order valence-electron chi connectivity index (χ2n) is 3.81. The molecule has 0 unspecified atom stereocenters. The van der Waals surface area contributed by atoms with E-state index in [4.69, 9.17) is 0 Å². The van der Waals surface area contributed by atoms with Gasteiger partial charge in [0.1, 0.15) is 0 Å². The highest BCUT2D eigenvalue weighted by Crippen LogP contribution is 2.38. The zero-order valence-electron chi connectivity index (χ0n) is 7.78. The van der Waals surface area contributed by atoms with E-state index in [0.717, 1.165) is 12.8 Å². The van der Waals surface area contributed by atoms with Crippen molar-refractivity contribution in [2.75, 3.05) is 0 Å². The molecule has 11 heavy (non-hydrogen) atoms. The Balaban J connectivity index is 2.74. The van der Waals surface area contributed by atoms with E-state index in [1.807, 2.05) is 0 Å². The average molecular weight is 151 g/mol. The molecule has 1 nitrogen and oxygen atoms in total. The van der Waals surface area contributed by atoms with Gasteiger partial charge in [-0.2, -0.15) is 0 Å².